The van der Waals surface area contributed by atoms with E-state index >= 15 is 0 Å². The molecule has 2 amide bonds. The molecule has 1 aromatic rings. The Labute approximate surface area is 112 Å². The molecule has 1 heterocycles. The second-order valence-electron chi connectivity index (χ2n) is 4.67. The molecular weight excluding hydrogens is 242 g/mol. The number of aryl methyl sites for hydroxylation is 1. The number of carbonyl (C=O) groups excluding carboxylic acids is 2. The first kappa shape index (κ1) is 13.5. The van der Waals surface area contributed by atoms with E-state index in [2.05, 4.69) is 16.2 Å². The summed E-state index contributed by atoms with van der Waals surface area (Å²) in [6.07, 6.45) is 2.86. The van der Waals surface area contributed by atoms with Crippen molar-refractivity contribution in [2.45, 2.75) is 31.7 Å². The number of benzene rings is 1. The highest BCUT2D eigenvalue weighted by Gasteiger charge is 2.21. The minimum Gasteiger partial charge on any atom is -0.306 e. The molecule has 1 unspecified atom stereocenters. The molecule has 5 heteroatoms. The van der Waals surface area contributed by atoms with Crippen LogP contribution in [0.4, 0.5) is 0 Å². The maximum Gasteiger partial charge on any atom is 0.255 e. The molecule has 1 fully saturated rings. The maximum absolute atomic E-state index is 11.6. The fourth-order valence-corrected chi connectivity index (χ4v) is 2.09. The van der Waals surface area contributed by atoms with Crippen molar-refractivity contribution in [2.24, 2.45) is 0 Å². The van der Waals surface area contributed by atoms with Crippen LogP contribution < -0.4 is 16.2 Å². The van der Waals surface area contributed by atoms with E-state index in [-0.39, 0.29) is 17.9 Å². The van der Waals surface area contributed by atoms with Gasteiger partial charge in [-0.05, 0) is 31.4 Å². The molecule has 0 saturated carbocycles. The highest BCUT2D eigenvalue weighted by Crippen LogP contribution is 2.04. The molecule has 1 saturated heterocycles. The standard InChI is InChI=1S/C14H19N3O2/c18-13(9-8-11-5-2-1-3-6-11)16-17-14(19)12-7-4-10-15-12/h1-3,5-6,12,15H,4,7-10H2,(H,16,18)(H,17,19). The zero-order valence-corrected chi connectivity index (χ0v) is 10.8. The van der Waals surface area contributed by atoms with Gasteiger partial charge in [0.05, 0.1) is 6.04 Å². The van der Waals surface area contributed by atoms with Crippen LogP contribution in [0.2, 0.25) is 0 Å². The van der Waals surface area contributed by atoms with Crippen molar-refractivity contribution in [3.05, 3.63) is 35.9 Å². The van der Waals surface area contributed by atoms with Crippen LogP contribution >= 0.6 is 0 Å². The molecule has 1 aliphatic heterocycles. The Morgan fingerprint density at radius 3 is 2.68 bits per heavy atom. The van der Waals surface area contributed by atoms with Crippen molar-refractivity contribution in [1.82, 2.24) is 16.2 Å². The Morgan fingerprint density at radius 2 is 2.00 bits per heavy atom. The van der Waals surface area contributed by atoms with Gasteiger partial charge in [0, 0.05) is 6.42 Å². The largest absolute Gasteiger partial charge is 0.306 e. The summed E-state index contributed by atoms with van der Waals surface area (Å²) in [4.78, 5) is 23.2. The maximum atomic E-state index is 11.6. The monoisotopic (exact) mass is 261 g/mol. The quantitative estimate of drug-likeness (QED) is 0.692. The Hall–Kier alpha value is -1.88. The first-order valence-electron chi connectivity index (χ1n) is 6.62. The molecule has 19 heavy (non-hydrogen) atoms. The van der Waals surface area contributed by atoms with E-state index in [1.165, 1.54) is 0 Å². The Bertz CT molecular complexity index is 428. The lowest BCUT2D eigenvalue weighted by atomic mass is 10.1. The van der Waals surface area contributed by atoms with E-state index in [0.29, 0.717) is 12.8 Å². The van der Waals surface area contributed by atoms with Crippen LogP contribution in [0.15, 0.2) is 30.3 Å². The van der Waals surface area contributed by atoms with Crippen molar-refractivity contribution in [3.63, 3.8) is 0 Å². The average molecular weight is 261 g/mol. The molecule has 2 rings (SSSR count). The molecule has 0 radical (unpaired) electrons. The summed E-state index contributed by atoms with van der Waals surface area (Å²) in [6, 6.07) is 9.62. The summed E-state index contributed by atoms with van der Waals surface area (Å²) in [6.45, 7) is 0.861. The van der Waals surface area contributed by atoms with Crippen molar-refractivity contribution in [2.75, 3.05) is 6.54 Å². The van der Waals surface area contributed by atoms with Gasteiger partial charge in [0.25, 0.3) is 5.91 Å². The number of nitrogens with one attached hydrogen (secondary N) is 3. The summed E-state index contributed by atoms with van der Waals surface area (Å²) in [7, 11) is 0. The molecule has 5 nitrogen and oxygen atoms in total. The van der Waals surface area contributed by atoms with Gasteiger partial charge in [-0.25, -0.2) is 0 Å². The SMILES string of the molecule is O=C(CCc1ccccc1)NNC(=O)C1CCCN1. The van der Waals surface area contributed by atoms with Gasteiger partial charge in [0.2, 0.25) is 5.91 Å². The van der Waals surface area contributed by atoms with Crippen LogP contribution in [0.25, 0.3) is 0 Å². The van der Waals surface area contributed by atoms with Crippen LogP contribution in [-0.2, 0) is 16.0 Å². The molecule has 1 aromatic carbocycles. The molecule has 1 atom stereocenters. The lowest BCUT2D eigenvalue weighted by Crippen LogP contribution is -2.49. The fraction of sp³-hybridized carbons (Fsp3) is 0.429. The number of hydrogen-bond acceptors (Lipinski definition) is 3. The second-order valence-corrected chi connectivity index (χ2v) is 4.67. The summed E-state index contributed by atoms with van der Waals surface area (Å²) >= 11 is 0. The van der Waals surface area contributed by atoms with Crippen LogP contribution in [-0.4, -0.2) is 24.4 Å². The number of hydrogen-bond donors (Lipinski definition) is 3. The van der Waals surface area contributed by atoms with Crippen LogP contribution in [0.5, 0.6) is 0 Å². The van der Waals surface area contributed by atoms with E-state index in [1.807, 2.05) is 30.3 Å². The molecule has 0 aromatic heterocycles. The van der Waals surface area contributed by atoms with E-state index < -0.39 is 0 Å². The van der Waals surface area contributed by atoms with E-state index in [1.54, 1.807) is 0 Å². The van der Waals surface area contributed by atoms with Crippen molar-refractivity contribution in [1.29, 1.82) is 0 Å². The lowest BCUT2D eigenvalue weighted by molar-refractivity contribution is -0.129. The molecule has 0 aliphatic carbocycles. The molecule has 1 aliphatic rings. The third-order valence-electron chi connectivity index (χ3n) is 3.19. The summed E-state index contributed by atoms with van der Waals surface area (Å²) < 4.78 is 0. The number of carbonyl (C=O) groups is 2. The highest BCUT2D eigenvalue weighted by molar-refractivity contribution is 5.85. The van der Waals surface area contributed by atoms with E-state index in [0.717, 1.165) is 24.9 Å². The topological polar surface area (TPSA) is 70.2 Å². The number of hydrazine groups is 1. The Balaban J connectivity index is 1.65. The van der Waals surface area contributed by atoms with Gasteiger partial charge in [-0.2, -0.15) is 0 Å². The predicted molar refractivity (Wildman–Crippen MR) is 72.1 cm³/mol. The third-order valence-corrected chi connectivity index (χ3v) is 3.19. The van der Waals surface area contributed by atoms with Gasteiger partial charge in [-0.1, -0.05) is 30.3 Å². The van der Waals surface area contributed by atoms with Gasteiger partial charge in [0.1, 0.15) is 0 Å². The van der Waals surface area contributed by atoms with Crippen LogP contribution in [0.1, 0.15) is 24.8 Å². The molecule has 0 bridgehead atoms. The first-order valence-corrected chi connectivity index (χ1v) is 6.62. The summed E-state index contributed by atoms with van der Waals surface area (Å²) in [5.74, 6) is -0.333. The van der Waals surface area contributed by atoms with Crippen molar-refractivity contribution < 1.29 is 9.59 Å². The van der Waals surface area contributed by atoms with Gasteiger partial charge in [-0.15, -0.1) is 0 Å². The lowest BCUT2D eigenvalue weighted by Gasteiger charge is -2.11. The van der Waals surface area contributed by atoms with Crippen molar-refractivity contribution in [3.8, 4) is 0 Å². The normalized spacial score (nSPS) is 18.0. The Morgan fingerprint density at radius 1 is 1.21 bits per heavy atom. The molecule has 102 valence electrons. The van der Waals surface area contributed by atoms with Crippen LogP contribution in [0.3, 0.4) is 0 Å². The summed E-state index contributed by atoms with van der Waals surface area (Å²) in [5.41, 5.74) is 6.02. The molecular formula is C14H19N3O2. The zero-order valence-electron chi connectivity index (χ0n) is 10.8. The van der Waals surface area contributed by atoms with E-state index in [9.17, 15) is 9.59 Å². The minimum atomic E-state index is -0.172. The van der Waals surface area contributed by atoms with Gasteiger partial charge < -0.3 is 5.32 Å². The predicted octanol–water partition coefficient (Wildman–Crippen LogP) is 0.519. The molecule has 3 N–H and O–H groups in total. The molecule has 0 spiro atoms. The number of rotatable bonds is 4. The van der Waals surface area contributed by atoms with Crippen LogP contribution in [0, 0.1) is 0 Å². The van der Waals surface area contributed by atoms with Gasteiger partial charge >= 0.3 is 0 Å². The minimum absolute atomic E-state index is 0.162. The fourth-order valence-electron chi connectivity index (χ4n) is 2.09. The second kappa shape index (κ2) is 6.89. The first-order chi connectivity index (χ1) is 9.25. The van der Waals surface area contributed by atoms with Gasteiger partial charge in [0.15, 0.2) is 0 Å². The van der Waals surface area contributed by atoms with E-state index in [4.69, 9.17) is 0 Å². The Kier molecular flexibility index (Phi) is 4.92. The van der Waals surface area contributed by atoms with Crippen molar-refractivity contribution >= 4 is 11.8 Å². The highest BCUT2D eigenvalue weighted by atomic mass is 16.2. The average Bonchev–Trinajstić information content (AvgIpc) is 2.98. The smallest absolute Gasteiger partial charge is 0.255 e. The summed E-state index contributed by atoms with van der Waals surface area (Å²) in [5, 5.41) is 3.07. The number of amides is 2. The third kappa shape index (κ3) is 4.37. The van der Waals surface area contributed by atoms with Gasteiger partial charge in [-0.3, -0.25) is 20.4 Å². The zero-order chi connectivity index (χ0) is 13.5.